The van der Waals surface area contributed by atoms with Crippen LogP contribution in [-0.2, 0) is 0 Å². The summed E-state index contributed by atoms with van der Waals surface area (Å²) in [6.07, 6.45) is 0. The molecule has 0 aliphatic rings. The minimum absolute atomic E-state index is 1.11. The molecule has 0 atom stereocenters. The van der Waals surface area contributed by atoms with E-state index in [2.05, 4.69) is 217 Å². The average molecular weight is 706 g/mol. The van der Waals surface area contributed by atoms with Gasteiger partial charge in [0.15, 0.2) is 0 Å². The quantitative estimate of drug-likeness (QED) is 0.160. The van der Waals surface area contributed by atoms with Crippen molar-refractivity contribution >= 4 is 59.3 Å². The van der Waals surface area contributed by atoms with Crippen LogP contribution >= 0.6 is 11.3 Å². The number of thiophene rings is 1. The standard InChI is InChI=1S/C52H35NS/c1-3-13-38(14-4-1)46-18-9-10-19-47(46)40-26-30-44(31-27-40)53(43-28-24-37(25-29-43)42-23-22-36-12-7-8-17-41(36)34-42)45-32-33-49-51(35-45)54-50-21-11-20-48(52(49)50)39-15-5-2-6-16-39/h1-35H. The molecule has 0 bridgehead atoms. The Morgan fingerprint density at radius 1 is 0.296 bits per heavy atom. The average Bonchev–Trinajstić information content (AvgIpc) is 3.63. The molecule has 0 unspecified atom stereocenters. The highest BCUT2D eigenvalue weighted by molar-refractivity contribution is 7.26. The van der Waals surface area contributed by atoms with E-state index >= 15 is 0 Å². The lowest BCUT2D eigenvalue weighted by Gasteiger charge is -2.26. The third-order valence-electron chi connectivity index (χ3n) is 10.5. The molecule has 254 valence electrons. The molecule has 1 aromatic heterocycles. The molecular weight excluding hydrogens is 671 g/mol. The Morgan fingerprint density at radius 3 is 1.50 bits per heavy atom. The van der Waals surface area contributed by atoms with Crippen molar-refractivity contribution in [3.8, 4) is 44.5 Å². The van der Waals surface area contributed by atoms with Crippen molar-refractivity contribution < 1.29 is 0 Å². The zero-order valence-electron chi connectivity index (χ0n) is 29.6. The van der Waals surface area contributed by atoms with Crippen molar-refractivity contribution in [2.45, 2.75) is 0 Å². The van der Waals surface area contributed by atoms with E-state index in [1.807, 2.05) is 11.3 Å². The summed E-state index contributed by atoms with van der Waals surface area (Å²) in [5.41, 5.74) is 13.2. The highest BCUT2D eigenvalue weighted by atomic mass is 32.1. The third-order valence-corrected chi connectivity index (χ3v) is 11.6. The molecule has 54 heavy (non-hydrogen) atoms. The van der Waals surface area contributed by atoms with Gasteiger partial charge in [-0.15, -0.1) is 11.3 Å². The van der Waals surface area contributed by atoms with E-state index in [1.165, 1.54) is 75.5 Å². The summed E-state index contributed by atoms with van der Waals surface area (Å²) in [5.74, 6) is 0. The SMILES string of the molecule is c1ccc(-c2ccccc2-c2ccc(N(c3ccc(-c4ccc5ccccc5c4)cc3)c3ccc4c(c3)sc3cccc(-c5ccccc5)c34)cc2)cc1. The summed E-state index contributed by atoms with van der Waals surface area (Å²) in [7, 11) is 0. The van der Waals surface area contributed by atoms with Gasteiger partial charge in [-0.25, -0.2) is 0 Å². The van der Waals surface area contributed by atoms with Gasteiger partial charge in [-0.2, -0.15) is 0 Å². The van der Waals surface area contributed by atoms with Crippen LogP contribution in [0, 0.1) is 0 Å². The molecule has 10 aromatic rings. The molecule has 1 heterocycles. The van der Waals surface area contributed by atoms with Gasteiger partial charge in [-0.1, -0.05) is 164 Å². The second-order valence-electron chi connectivity index (χ2n) is 13.7. The van der Waals surface area contributed by atoms with Crippen molar-refractivity contribution in [3.63, 3.8) is 0 Å². The zero-order valence-corrected chi connectivity index (χ0v) is 30.4. The van der Waals surface area contributed by atoms with Crippen molar-refractivity contribution in [1.82, 2.24) is 0 Å². The summed E-state index contributed by atoms with van der Waals surface area (Å²) in [6, 6.07) is 77.1. The van der Waals surface area contributed by atoms with Gasteiger partial charge in [0.2, 0.25) is 0 Å². The summed E-state index contributed by atoms with van der Waals surface area (Å²) in [5, 5.41) is 5.12. The number of hydrogen-bond donors (Lipinski definition) is 0. The maximum atomic E-state index is 2.39. The van der Waals surface area contributed by atoms with Gasteiger partial charge in [0.25, 0.3) is 0 Å². The molecule has 0 saturated carbocycles. The first kappa shape index (κ1) is 32.0. The van der Waals surface area contributed by atoms with Gasteiger partial charge < -0.3 is 4.90 Å². The van der Waals surface area contributed by atoms with Crippen molar-refractivity contribution in [2.24, 2.45) is 0 Å². The molecule has 0 N–H and O–H groups in total. The van der Waals surface area contributed by atoms with Crippen LogP contribution in [0.25, 0.3) is 75.5 Å². The molecule has 0 saturated heterocycles. The predicted molar refractivity (Wildman–Crippen MR) is 233 cm³/mol. The third kappa shape index (κ3) is 5.84. The Labute approximate surface area is 319 Å². The molecule has 2 heteroatoms. The summed E-state index contributed by atoms with van der Waals surface area (Å²) >= 11 is 1.87. The Hall–Kier alpha value is -6.74. The van der Waals surface area contributed by atoms with Gasteiger partial charge in [-0.3, -0.25) is 0 Å². The van der Waals surface area contributed by atoms with E-state index in [0.29, 0.717) is 0 Å². The first-order valence-corrected chi connectivity index (χ1v) is 19.2. The van der Waals surface area contributed by atoms with E-state index in [-0.39, 0.29) is 0 Å². The molecule has 0 aliphatic heterocycles. The van der Waals surface area contributed by atoms with Gasteiger partial charge in [-0.05, 0) is 104 Å². The lowest BCUT2D eigenvalue weighted by molar-refractivity contribution is 1.29. The van der Waals surface area contributed by atoms with E-state index in [4.69, 9.17) is 0 Å². The van der Waals surface area contributed by atoms with E-state index in [0.717, 1.165) is 17.1 Å². The Bertz CT molecular complexity index is 2910. The van der Waals surface area contributed by atoms with Crippen LogP contribution in [0.5, 0.6) is 0 Å². The lowest BCUT2D eigenvalue weighted by Crippen LogP contribution is -2.09. The summed E-state index contributed by atoms with van der Waals surface area (Å²) in [6.45, 7) is 0. The number of hydrogen-bond acceptors (Lipinski definition) is 2. The van der Waals surface area contributed by atoms with Crippen LogP contribution in [0.1, 0.15) is 0 Å². The number of benzene rings is 9. The minimum atomic E-state index is 1.11. The molecule has 1 nitrogen and oxygen atoms in total. The van der Waals surface area contributed by atoms with Crippen molar-refractivity contribution in [1.29, 1.82) is 0 Å². The molecule has 9 aromatic carbocycles. The smallest absolute Gasteiger partial charge is 0.0476 e. The fraction of sp³-hybridized carbons (Fsp3) is 0. The number of rotatable bonds is 7. The van der Waals surface area contributed by atoms with E-state index < -0.39 is 0 Å². The van der Waals surface area contributed by atoms with Gasteiger partial charge in [0.05, 0.1) is 0 Å². The van der Waals surface area contributed by atoms with Gasteiger partial charge in [0.1, 0.15) is 0 Å². The Balaban J connectivity index is 1.08. The van der Waals surface area contributed by atoms with Gasteiger partial charge >= 0.3 is 0 Å². The van der Waals surface area contributed by atoms with Crippen LogP contribution in [0.4, 0.5) is 17.1 Å². The van der Waals surface area contributed by atoms with Crippen LogP contribution in [-0.4, -0.2) is 0 Å². The number of anilines is 3. The molecule has 10 rings (SSSR count). The maximum Gasteiger partial charge on any atom is 0.0476 e. The normalized spacial score (nSPS) is 11.3. The molecule has 0 aliphatic carbocycles. The van der Waals surface area contributed by atoms with Crippen molar-refractivity contribution in [2.75, 3.05) is 4.90 Å². The molecule has 0 fully saturated rings. The topological polar surface area (TPSA) is 3.24 Å². The summed E-state index contributed by atoms with van der Waals surface area (Å²) < 4.78 is 2.58. The Kier molecular flexibility index (Phi) is 8.09. The van der Waals surface area contributed by atoms with Crippen LogP contribution in [0.15, 0.2) is 212 Å². The molecule has 0 spiro atoms. The van der Waals surface area contributed by atoms with Gasteiger partial charge in [0, 0.05) is 37.2 Å². The first-order valence-electron chi connectivity index (χ1n) is 18.4. The molecule has 0 amide bonds. The molecular formula is C52H35NS. The fourth-order valence-electron chi connectivity index (χ4n) is 7.83. The first-order chi connectivity index (χ1) is 26.8. The predicted octanol–water partition coefficient (Wildman–Crippen LogP) is 15.3. The Morgan fingerprint density at radius 2 is 0.815 bits per heavy atom. The zero-order chi connectivity index (χ0) is 35.8. The van der Waals surface area contributed by atoms with Crippen LogP contribution in [0.3, 0.4) is 0 Å². The minimum Gasteiger partial charge on any atom is -0.310 e. The maximum absolute atomic E-state index is 2.39. The monoisotopic (exact) mass is 705 g/mol. The molecule has 0 radical (unpaired) electrons. The van der Waals surface area contributed by atoms with E-state index in [1.54, 1.807) is 0 Å². The second kappa shape index (κ2) is 13.7. The lowest BCUT2D eigenvalue weighted by atomic mass is 9.94. The van der Waals surface area contributed by atoms with E-state index in [9.17, 15) is 0 Å². The second-order valence-corrected chi connectivity index (χ2v) is 14.8. The van der Waals surface area contributed by atoms with Crippen molar-refractivity contribution in [3.05, 3.63) is 212 Å². The van der Waals surface area contributed by atoms with Crippen LogP contribution in [0.2, 0.25) is 0 Å². The highest BCUT2D eigenvalue weighted by Crippen LogP contribution is 2.44. The highest BCUT2D eigenvalue weighted by Gasteiger charge is 2.17. The van der Waals surface area contributed by atoms with Crippen LogP contribution < -0.4 is 4.90 Å². The number of fused-ring (bicyclic) bond motifs is 4. The fourth-order valence-corrected chi connectivity index (χ4v) is 8.99. The largest absolute Gasteiger partial charge is 0.310 e. The number of nitrogens with zero attached hydrogens (tertiary/aromatic N) is 1. The summed E-state index contributed by atoms with van der Waals surface area (Å²) in [4.78, 5) is 2.39.